The second-order valence-corrected chi connectivity index (χ2v) is 7.07. The van der Waals surface area contributed by atoms with Gasteiger partial charge in [-0.2, -0.15) is 0 Å². The number of anilines is 2. The lowest BCUT2D eigenvalue weighted by Crippen LogP contribution is -2.50. The summed E-state index contributed by atoms with van der Waals surface area (Å²) in [5.41, 5.74) is 2.07. The van der Waals surface area contributed by atoms with Crippen LogP contribution < -0.4 is 19.7 Å². The van der Waals surface area contributed by atoms with Gasteiger partial charge in [0.15, 0.2) is 16.6 Å². The van der Waals surface area contributed by atoms with E-state index in [1.165, 1.54) is 0 Å². The van der Waals surface area contributed by atoms with Crippen LogP contribution in [0.15, 0.2) is 42.5 Å². The summed E-state index contributed by atoms with van der Waals surface area (Å²) in [5.74, 6) is 1.54. The zero-order valence-corrected chi connectivity index (χ0v) is 15.9. The van der Waals surface area contributed by atoms with Gasteiger partial charge in [0.1, 0.15) is 13.2 Å². The van der Waals surface area contributed by atoms with Gasteiger partial charge in [-0.25, -0.2) is 0 Å². The molecule has 5 nitrogen and oxygen atoms in total. The van der Waals surface area contributed by atoms with Crippen LogP contribution in [0.5, 0.6) is 11.5 Å². The minimum Gasteiger partial charge on any atom is -0.486 e. The standard InChI is InChI=1S/C19H20ClN3O2S/c20-14-2-1-3-16(12-14)22-6-8-23(9-7-22)19(26)21-15-4-5-17-18(13-15)25-11-10-24-17/h1-5,12-13H,6-11H2,(H,21,26). The van der Waals surface area contributed by atoms with E-state index >= 15 is 0 Å². The van der Waals surface area contributed by atoms with E-state index in [-0.39, 0.29) is 0 Å². The van der Waals surface area contributed by atoms with Crippen molar-refractivity contribution in [2.75, 3.05) is 49.6 Å². The molecule has 0 aliphatic carbocycles. The van der Waals surface area contributed by atoms with E-state index in [4.69, 9.17) is 33.3 Å². The molecule has 2 aliphatic rings. The van der Waals surface area contributed by atoms with Gasteiger partial charge < -0.3 is 24.6 Å². The van der Waals surface area contributed by atoms with E-state index in [0.29, 0.717) is 13.2 Å². The van der Waals surface area contributed by atoms with E-state index in [1.54, 1.807) is 0 Å². The molecule has 2 aromatic carbocycles. The molecule has 0 aromatic heterocycles. The minimum atomic E-state index is 0.576. The van der Waals surface area contributed by atoms with Crippen LogP contribution in [0.3, 0.4) is 0 Å². The Morgan fingerprint density at radius 2 is 1.73 bits per heavy atom. The predicted octanol–water partition coefficient (Wildman–Crippen LogP) is 3.63. The number of thiocarbonyl (C=S) groups is 1. The Bertz CT molecular complexity index is 809. The third-order valence-electron chi connectivity index (χ3n) is 4.53. The van der Waals surface area contributed by atoms with Crippen LogP contribution in [-0.2, 0) is 0 Å². The molecule has 0 radical (unpaired) electrons. The van der Waals surface area contributed by atoms with Crippen LogP contribution in [0.4, 0.5) is 11.4 Å². The van der Waals surface area contributed by atoms with Crippen molar-refractivity contribution in [1.29, 1.82) is 0 Å². The monoisotopic (exact) mass is 389 g/mol. The summed E-state index contributed by atoms with van der Waals surface area (Å²) < 4.78 is 11.2. The summed E-state index contributed by atoms with van der Waals surface area (Å²) in [6.45, 7) is 4.71. The Labute approximate surface area is 163 Å². The quantitative estimate of drug-likeness (QED) is 0.790. The molecule has 0 bridgehead atoms. The van der Waals surface area contributed by atoms with Crippen LogP contribution >= 0.6 is 23.8 Å². The van der Waals surface area contributed by atoms with Crippen LogP contribution in [0.1, 0.15) is 0 Å². The molecular formula is C19H20ClN3O2S. The number of nitrogens with zero attached hydrogens (tertiary/aromatic N) is 2. The van der Waals surface area contributed by atoms with E-state index in [2.05, 4.69) is 21.2 Å². The molecular weight excluding hydrogens is 370 g/mol. The molecule has 0 amide bonds. The number of rotatable bonds is 2. The Balaban J connectivity index is 1.35. The molecule has 136 valence electrons. The van der Waals surface area contributed by atoms with Crippen LogP contribution in [0, 0.1) is 0 Å². The highest BCUT2D eigenvalue weighted by Gasteiger charge is 2.20. The van der Waals surface area contributed by atoms with Gasteiger partial charge in [0.25, 0.3) is 0 Å². The van der Waals surface area contributed by atoms with Gasteiger partial charge in [0.05, 0.1) is 0 Å². The number of fused-ring (bicyclic) bond motifs is 1. The largest absolute Gasteiger partial charge is 0.486 e. The molecule has 1 fully saturated rings. The summed E-state index contributed by atoms with van der Waals surface area (Å²) in [4.78, 5) is 4.52. The second kappa shape index (κ2) is 7.60. The Morgan fingerprint density at radius 1 is 0.962 bits per heavy atom. The van der Waals surface area contributed by atoms with Gasteiger partial charge >= 0.3 is 0 Å². The third-order valence-corrected chi connectivity index (χ3v) is 5.13. The first-order chi connectivity index (χ1) is 12.7. The maximum absolute atomic E-state index is 6.10. The third kappa shape index (κ3) is 3.81. The topological polar surface area (TPSA) is 37.0 Å². The summed E-state index contributed by atoms with van der Waals surface area (Å²) in [7, 11) is 0. The highest BCUT2D eigenvalue weighted by atomic mass is 35.5. The van der Waals surface area contributed by atoms with E-state index in [0.717, 1.165) is 59.2 Å². The number of nitrogens with one attached hydrogen (secondary N) is 1. The number of benzene rings is 2. The lowest BCUT2D eigenvalue weighted by Gasteiger charge is -2.37. The number of piperazine rings is 1. The molecule has 0 atom stereocenters. The van der Waals surface area contributed by atoms with Gasteiger partial charge in [-0.05, 0) is 42.5 Å². The molecule has 0 saturated carbocycles. The van der Waals surface area contributed by atoms with Crippen LogP contribution in [-0.4, -0.2) is 49.4 Å². The Kier molecular flexibility index (Phi) is 5.04. The molecule has 0 spiro atoms. The number of ether oxygens (including phenoxy) is 2. The average Bonchev–Trinajstić information content (AvgIpc) is 2.68. The predicted molar refractivity (Wildman–Crippen MR) is 109 cm³/mol. The first kappa shape index (κ1) is 17.2. The lowest BCUT2D eigenvalue weighted by molar-refractivity contribution is 0.171. The maximum atomic E-state index is 6.10. The van der Waals surface area contributed by atoms with E-state index in [1.807, 2.05) is 36.4 Å². The molecule has 0 unspecified atom stereocenters. The fourth-order valence-electron chi connectivity index (χ4n) is 3.16. The number of hydrogen-bond acceptors (Lipinski definition) is 4. The Morgan fingerprint density at radius 3 is 2.50 bits per heavy atom. The number of hydrogen-bond donors (Lipinski definition) is 1. The second-order valence-electron chi connectivity index (χ2n) is 6.24. The normalized spacial score (nSPS) is 16.3. The van der Waals surface area contributed by atoms with Crippen molar-refractivity contribution in [3.63, 3.8) is 0 Å². The van der Waals surface area contributed by atoms with Crippen molar-refractivity contribution in [2.24, 2.45) is 0 Å². The van der Waals surface area contributed by atoms with Gasteiger partial charge in [0, 0.05) is 48.6 Å². The van der Waals surface area contributed by atoms with E-state index in [9.17, 15) is 0 Å². The first-order valence-corrected chi connectivity index (χ1v) is 9.44. The zero-order chi connectivity index (χ0) is 17.9. The first-order valence-electron chi connectivity index (χ1n) is 8.65. The highest BCUT2D eigenvalue weighted by molar-refractivity contribution is 7.80. The van der Waals surface area contributed by atoms with Crippen molar-refractivity contribution in [2.45, 2.75) is 0 Å². The summed E-state index contributed by atoms with van der Waals surface area (Å²) >= 11 is 11.7. The average molecular weight is 390 g/mol. The summed E-state index contributed by atoms with van der Waals surface area (Å²) in [6.07, 6.45) is 0. The molecule has 2 aliphatic heterocycles. The van der Waals surface area contributed by atoms with Crippen molar-refractivity contribution >= 4 is 40.3 Å². The van der Waals surface area contributed by atoms with Crippen molar-refractivity contribution in [1.82, 2.24) is 4.90 Å². The van der Waals surface area contributed by atoms with Crippen LogP contribution in [0.2, 0.25) is 5.02 Å². The van der Waals surface area contributed by atoms with Gasteiger partial charge in [-0.3, -0.25) is 0 Å². The molecule has 1 saturated heterocycles. The summed E-state index contributed by atoms with van der Waals surface area (Å²) in [6, 6.07) is 13.8. The molecule has 1 N–H and O–H groups in total. The molecule has 2 heterocycles. The fraction of sp³-hybridized carbons (Fsp3) is 0.316. The molecule has 2 aromatic rings. The van der Waals surface area contributed by atoms with Gasteiger partial charge in [0.2, 0.25) is 0 Å². The molecule has 26 heavy (non-hydrogen) atoms. The zero-order valence-electron chi connectivity index (χ0n) is 14.3. The van der Waals surface area contributed by atoms with Gasteiger partial charge in [-0.15, -0.1) is 0 Å². The van der Waals surface area contributed by atoms with Gasteiger partial charge in [-0.1, -0.05) is 17.7 Å². The molecule has 4 rings (SSSR count). The smallest absolute Gasteiger partial charge is 0.173 e. The molecule has 7 heteroatoms. The lowest BCUT2D eigenvalue weighted by atomic mass is 10.2. The fourth-order valence-corrected chi connectivity index (χ4v) is 3.65. The van der Waals surface area contributed by atoms with Crippen molar-refractivity contribution in [3.05, 3.63) is 47.5 Å². The summed E-state index contributed by atoms with van der Waals surface area (Å²) in [5, 5.41) is 4.80. The minimum absolute atomic E-state index is 0.576. The van der Waals surface area contributed by atoms with Crippen molar-refractivity contribution in [3.8, 4) is 11.5 Å². The maximum Gasteiger partial charge on any atom is 0.173 e. The van der Waals surface area contributed by atoms with Crippen LogP contribution in [0.25, 0.3) is 0 Å². The van der Waals surface area contributed by atoms with Crippen molar-refractivity contribution < 1.29 is 9.47 Å². The van der Waals surface area contributed by atoms with E-state index < -0.39 is 0 Å². The Hall–Kier alpha value is -2.18. The highest BCUT2D eigenvalue weighted by Crippen LogP contribution is 2.32. The number of halogens is 1. The SMILES string of the molecule is S=C(Nc1ccc2c(c1)OCCO2)N1CCN(c2cccc(Cl)c2)CC1.